The lowest BCUT2D eigenvalue weighted by atomic mass is 10.0. The molecule has 1 amide bonds. The average Bonchev–Trinajstić information content (AvgIpc) is 3.46. The number of anilines is 1. The highest BCUT2D eigenvalue weighted by atomic mass is 16.5. The van der Waals surface area contributed by atoms with E-state index in [4.69, 9.17) is 15.0 Å². The summed E-state index contributed by atoms with van der Waals surface area (Å²) >= 11 is 0. The van der Waals surface area contributed by atoms with Gasteiger partial charge < -0.3 is 20.3 Å². The second kappa shape index (κ2) is 8.22. The molecule has 3 N–H and O–H groups in total. The number of ether oxygens (including phenoxy) is 1. The first-order valence-corrected chi connectivity index (χ1v) is 9.33. The van der Waals surface area contributed by atoms with E-state index in [0.29, 0.717) is 29.1 Å². The maximum atomic E-state index is 12.2. The molecular weight excluding hydrogens is 356 g/mol. The van der Waals surface area contributed by atoms with E-state index in [1.165, 1.54) is 0 Å². The highest BCUT2D eigenvalue weighted by molar-refractivity contribution is 5.91. The molecule has 1 aliphatic rings. The van der Waals surface area contributed by atoms with E-state index in [1.807, 2.05) is 30.3 Å². The number of hydrogen-bond donors (Lipinski definition) is 2. The van der Waals surface area contributed by atoms with Crippen LogP contribution in [-0.2, 0) is 11.4 Å². The predicted octanol–water partition coefficient (Wildman–Crippen LogP) is 3.55. The van der Waals surface area contributed by atoms with E-state index in [0.717, 1.165) is 18.4 Å². The molecule has 7 nitrogen and oxygen atoms in total. The van der Waals surface area contributed by atoms with Gasteiger partial charge in [0.25, 0.3) is 0 Å². The number of benzene rings is 2. The number of carbonyl (C=O) groups excluding carboxylic acids is 1. The number of aromatic nitrogens is 2. The third kappa shape index (κ3) is 4.75. The zero-order chi connectivity index (χ0) is 19.3. The summed E-state index contributed by atoms with van der Waals surface area (Å²) in [5, 5.41) is 6.77. The summed E-state index contributed by atoms with van der Waals surface area (Å²) in [5.74, 6) is 2.19. The van der Waals surface area contributed by atoms with Crippen molar-refractivity contribution in [3.8, 4) is 5.75 Å². The summed E-state index contributed by atoms with van der Waals surface area (Å²) in [4.78, 5) is 16.5. The second-order valence-corrected chi connectivity index (χ2v) is 6.91. The Hall–Kier alpha value is -3.19. The molecule has 1 aliphatic carbocycles. The van der Waals surface area contributed by atoms with Crippen molar-refractivity contribution in [1.29, 1.82) is 0 Å². The zero-order valence-corrected chi connectivity index (χ0v) is 15.4. The van der Waals surface area contributed by atoms with Crippen molar-refractivity contribution >= 4 is 11.6 Å². The quantitative estimate of drug-likeness (QED) is 0.621. The second-order valence-electron chi connectivity index (χ2n) is 6.91. The largest absolute Gasteiger partial charge is 0.485 e. The highest BCUT2D eigenvalue weighted by Gasteiger charge is 2.29. The smallest absolute Gasteiger partial charge is 0.229 e. The molecule has 4 rings (SSSR count). The molecule has 0 radical (unpaired) electrons. The van der Waals surface area contributed by atoms with Gasteiger partial charge in [-0.2, -0.15) is 4.98 Å². The van der Waals surface area contributed by atoms with Crippen molar-refractivity contribution in [3.63, 3.8) is 0 Å². The van der Waals surface area contributed by atoms with E-state index in [1.54, 1.807) is 24.3 Å². The first kappa shape index (κ1) is 18.2. The summed E-state index contributed by atoms with van der Waals surface area (Å²) in [6.07, 6.45) is 2.45. The molecule has 2 aromatic carbocycles. The van der Waals surface area contributed by atoms with Gasteiger partial charge in [0.05, 0.1) is 0 Å². The van der Waals surface area contributed by atoms with Gasteiger partial charge in [-0.05, 0) is 42.7 Å². The van der Waals surface area contributed by atoms with Crippen LogP contribution in [0.2, 0.25) is 0 Å². The zero-order valence-electron chi connectivity index (χ0n) is 15.4. The summed E-state index contributed by atoms with van der Waals surface area (Å²) in [6, 6.07) is 16.4. The van der Waals surface area contributed by atoms with Crippen LogP contribution in [0.4, 0.5) is 5.69 Å². The van der Waals surface area contributed by atoms with Crippen molar-refractivity contribution in [1.82, 2.24) is 10.1 Å². The Kier molecular flexibility index (Phi) is 5.34. The third-order valence-corrected chi connectivity index (χ3v) is 4.55. The highest BCUT2D eigenvalue weighted by Crippen LogP contribution is 2.38. The van der Waals surface area contributed by atoms with Crippen molar-refractivity contribution in [3.05, 3.63) is 71.9 Å². The van der Waals surface area contributed by atoms with Crippen molar-refractivity contribution < 1.29 is 14.1 Å². The summed E-state index contributed by atoms with van der Waals surface area (Å²) in [6.45, 7) is 0.244. The molecule has 0 spiro atoms. The maximum Gasteiger partial charge on any atom is 0.229 e. The molecular formula is C21H22N4O3. The number of nitrogens with two attached hydrogens (primary N) is 1. The molecule has 1 fully saturated rings. The van der Waals surface area contributed by atoms with Crippen LogP contribution < -0.4 is 15.8 Å². The lowest BCUT2D eigenvalue weighted by molar-refractivity contribution is -0.116. The topological polar surface area (TPSA) is 103 Å². The Morgan fingerprint density at radius 2 is 1.93 bits per heavy atom. The van der Waals surface area contributed by atoms with Gasteiger partial charge in [-0.3, -0.25) is 4.79 Å². The third-order valence-electron chi connectivity index (χ3n) is 4.55. The fraction of sp³-hybridized carbons (Fsp3) is 0.286. The minimum Gasteiger partial charge on any atom is -0.485 e. The minimum atomic E-state index is -0.334. The number of amides is 1. The molecule has 1 saturated carbocycles. The first-order valence-electron chi connectivity index (χ1n) is 9.33. The summed E-state index contributed by atoms with van der Waals surface area (Å²) in [5.41, 5.74) is 7.72. The van der Waals surface area contributed by atoms with Crippen LogP contribution in [-0.4, -0.2) is 16.0 Å². The molecule has 144 valence electrons. The van der Waals surface area contributed by atoms with E-state index in [9.17, 15) is 4.79 Å². The van der Waals surface area contributed by atoms with E-state index in [-0.39, 0.29) is 25.0 Å². The van der Waals surface area contributed by atoms with Crippen LogP contribution in [0.1, 0.15) is 48.5 Å². The van der Waals surface area contributed by atoms with E-state index < -0.39 is 0 Å². The van der Waals surface area contributed by atoms with Gasteiger partial charge in [0.2, 0.25) is 17.6 Å². The van der Waals surface area contributed by atoms with Crippen LogP contribution in [0.25, 0.3) is 0 Å². The van der Waals surface area contributed by atoms with E-state index in [2.05, 4.69) is 15.5 Å². The van der Waals surface area contributed by atoms with Crippen LogP contribution in [0.3, 0.4) is 0 Å². The predicted molar refractivity (Wildman–Crippen MR) is 104 cm³/mol. The average molecular weight is 378 g/mol. The number of nitrogens with zero attached hydrogens (tertiary/aromatic N) is 2. The van der Waals surface area contributed by atoms with Gasteiger partial charge >= 0.3 is 0 Å². The van der Waals surface area contributed by atoms with Crippen LogP contribution in [0, 0.1) is 0 Å². The molecule has 1 atom stereocenters. The minimum absolute atomic E-state index is 0.135. The fourth-order valence-corrected chi connectivity index (χ4v) is 2.83. The number of carbonyl (C=O) groups is 1. The summed E-state index contributed by atoms with van der Waals surface area (Å²) in [7, 11) is 0. The Morgan fingerprint density at radius 3 is 2.64 bits per heavy atom. The molecule has 1 aromatic heterocycles. The molecule has 7 heteroatoms. The van der Waals surface area contributed by atoms with Crippen LogP contribution in [0.15, 0.2) is 59.1 Å². The molecule has 3 aromatic rings. The van der Waals surface area contributed by atoms with Gasteiger partial charge in [0, 0.05) is 24.1 Å². The number of rotatable bonds is 8. The lowest BCUT2D eigenvalue weighted by Crippen LogP contribution is -2.20. The Bertz CT molecular complexity index is 920. The molecule has 1 heterocycles. The monoisotopic (exact) mass is 378 g/mol. The normalized spacial score (nSPS) is 14.5. The SMILES string of the molecule is NC(CC(=O)Nc1ccc(OCc2noc(C3CC3)n2)cc1)c1ccccc1. The lowest BCUT2D eigenvalue weighted by Gasteiger charge is -2.12. The Labute approximate surface area is 162 Å². The first-order chi connectivity index (χ1) is 13.7. The van der Waals surface area contributed by atoms with Crippen molar-refractivity contribution in [2.45, 2.75) is 37.8 Å². The van der Waals surface area contributed by atoms with Gasteiger partial charge in [0.1, 0.15) is 5.75 Å². The summed E-state index contributed by atoms with van der Waals surface area (Å²) < 4.78 is 10.9. The number of hydrogen-bond acceptors (Lipinski definition) is 6. The van der Waals surface area contributed by atoms with Gasteiger partial charge in [-0.25, -0.2) is 0 Å². The van der Waals surface area contributed by atoms with E-state index >= 15 is 0 Å². The molecule has 0 bridgehead atoms. The van der Waals surface area contributed by atoms with Gasteiger partial charge in [-0.1, -0.05) is 35.5 Å². The Balaban J connectivity index is 1.26. The standard InChI is InChI=1S/C21H22N4O3/c22-18(14-4-2-1-3-5-14)12-20(26)23-16-8-10-17(11-9-16)27-13-19-24-21(28-25-19)15-6-7-15/h1-5,8-11,15,18H,6-7,12-13,22H2,(H,23,26). The fourth-order valence-electron chi connectivity index (χ4n) is 2.83. The molecule has 28 heavy (non-hydrogen) atoms. The van der Waals surface area contributed by atoms with Crippen molar-refractivity contribution in [2.24, 2.45) is 5.73 Å². The van der Waals surface area contributed by atoms with Crippen molar-refractivity contribution in [2.75, 3.05) is 5.32 Å². The molecule has 1 unspecified atom stereocenters. The molecule has 0 saturated heterocycles. The maximum absolute atomic E-state index is 12.2. The Morgan fingerprint density at radius 1 is 1.18 bits per heavy atom. The van der Waals surface area contributed by atoms with Gasteiger partial charge in [-0.15, -0.1) is 0 Å². The molecule has 0 aliphatic heterocycles. The number of nitrogens with one attached hydrogen (secondary N) is 1. The van der Waals surface area contributed by atoms with Crippen LogP contribution in [0.5, 0.6) is 5.75 Å². The van der Waals surface area contributed by atoms with Gasteiger partial charge in [0.15, 0.2) is 6.61 Å². The van der Waals surface area contributed by atoms with Crippen LogP contribution >= 0.6 is 0 Å².